The Bertz CT molecular complexity index is 293. The van der Waals surface area contributed by atoms with Crippen LogP contribution >= 0.6 is 0 Å². The van der Waals surface area contributed by atoms with E-state index in [4.69, 9.17) is 9.84 Å². The first kappa shape index (κ1) is 10.2. The molecule has 13 heavy (non-hydrogen) atoms. The molecule has 1 N–H and O–H groups in total. The van der Waals surface area contributed by atoms with Crippen molar-refractivity contribution < 1.29 is 14.4 Å². The van der Waals surface area contributed by atoms with E-state index < -0.39 is 11.2 Å². The topological polar surface area (TPSA) is 78.3 Å². The van der Waals surface area contributed by atoms with Crippen LogP contribution in [0.15, 0.2) is 11.4 Å². The van der Waals surface area contributed by atoms with E-state index in [9.17, 15) is 4.55 Å². The molecule has 0 aromatic carbocycles. The minimum Gasteiger partial charge on any atom is -0.609 e. The lowest BCUT2D eigenvalue weighted by Gasteiger charge is -2.06. The molecule has 0 amide bonds. The van der Waals surface area contributed by atoms with Gasteiger partial charge in [-0.1, -0.05) is 0 Å². The van der Waals surface area contributed by atoms with Crippen molar-refractivity contribution in [3.63, 3.8) is 0 Å². The Balaban J connectivity index is 3.05. The Morgan fingerprint density at radius 1 is 1.69 bits per heavy atom. The molecule has 0 bridgehead atoms. The van der Waals surface area contributed by atoms with Gasteiger partial charge in [0.2, 0.25) is 5.88 Å². The predicted octanol–water partition coefficient (Wildman–Crippen LogP) is -0.285. The molecule has 1 atom stereocenters. The first-order chi connectivity index (χ1) is 6.19. The van der Waals surface area contributed by atoms with Crippen LogP contribution in [0, 0.1) is 0 Å². The Morgan fingerprint density at radius 2 is 2.38 bits per heavy atom. The minimum atomic E-state index is -1.23. The average Bonchev–Trinajstić information content (AvgIpc) is 2.16. The number of aliphatic hydroxyl groups excluding tert-OH is 1. The fraction of sp³-hybridized carbons (Fsp3) is 0.429. The van der Waals surface area contributed by atoms with E-state index in [0.717, 1.165) is 0 Å². The zero-order chi connectivity index (χ0) is 9.84. The minimum absolute atomic E-state index is 0.195. The molecule has 0 saturated carbocycles. The summed E-state index contributed by atoms with van der Waals surface area (Å²) in [6.45, 7) is -0.195. The zero-order valence-electron chi connectivity index (χ0n) is 7.35. The van der Waals surface area contributed by atoms with Crippen molar-refractivity contribution in [3.8, 4) is 5.88 Å². The third-order valence-electron chi connectivity index (χ3n) is 1.42. The van der Waals surface area contributed by atoms with E-state index in [1.807, 2.05) is 0 Å². The van der Waals surface area contributed by atoms with Crippen molar-refractivity contribution in [2.75, 3.05) is 13.4 Å². The molecule has 1 aromatic heterocycles. The summed E-state index contributed by atoms with van der Waals surface area (Å²) >= 11 is -1.23. The van der Waals surface area contributed by atoms with Crippen LogP contribution < -0.4 is 4.74 Å². The lowest BCUT2D eigenvalue weighted by molar-refractivity contribution is 0.269. The molecule has 1 heterocycles. The highest BCUT2D eigenvalue weighted by atomic mass is 32.2. The first-order valence-corrected chi connectivity index (χ1v) is 5.09. The number of aliphatic hydroxyl groups is 1. The summed E-state index contributed by atoms with van der Waals surface area (Å²) in [6, 6.07) is 0. The number of nitrogens with zero attached hydrogens (tertiary/aromatic N) is 2. The molecule has 0 aliphatic carbocycles. The standard InChI is InChI=1S/C7H10N2O3S/c1-12-6-5(4-10)3-8-7(9-6)13(2)11/h3,10H,4H2,1-2H3. The second-order valence-corrected chi connectivity index (χ2v) is 3.57. The highest BCUT2D eigenvalue weighted by Crippen LogP contribution is 2.15. The fourth-order valence-corrected chi connectivity index (χ4v) is 1.21. The summed E-state index contributed by atoms with van der Waals surface area (Å²) in [6.07, 6.45) is 2.88. The first-order valence-electron chi connectivity index (χ1n) is 3.53. The average molecular weight is 202 g/mol. The summed E-state index contributed by atoms with van der Waals surface area (Å²) in [7, 11) is 1.43. The van der Waals surface area contributed by atoms with Crippen LogP contribution in [0.2, 0.25) is 0 Å². The smallest absolute Gasteiger partial charge is 0.345 e. The molecule has 6 heteroatoms. The van der Waals surface area contributed by atoms with Gasteiger partial charge in [0.05, 0.1) is 19.3 Å². The van der Waals surface area contributed by atoms with Crippen molar-refractivity contribution >= 4 is 11.2 Å². The molecule has 0 aliphatic heterocycles. The molecule has 1 aromatic rings. The lowest BCUT2D eigenvalue weighted by Crippen LogP contribution is -2.07. The van der Waals surface area contributed by atoms with Gasteiger partial charge in [0.15, 0.2) is 0 Å². The highest BCUT2D eigenvalue weighted by molar-refractivity contribution is 7.90. The number of hydrogen-bond acceptors (Lipinski definition) is 5. The highest BCUT2D eigenvalue weighted by Gasteiger charge is 2.12. The van der Waals surface area contributed by atoms with Crippen LogP contribution in [0.4, 0.5) is 0 Å². The number of hydrogen-bond donors (Lipinski definition) is 1. The van der Waals surface area contributed by atoms with Crippen LogP contribution in [-0.2, 0) is 17.8 Å². The molecule has 0 spiro atoms. The predicted molar refractivity (Wildman–Crippen MR) is 46.8 cm³/mol. The maximum absolute atomic E-state index is 11.0. The summed E-state index contributed by atoms with van der Waals surface area (Å²) in [4.78, 5) is 7.67. The molecule has 5 nitrogen and oxygen atoms in total. The summed E-state index contributed by atoms with van der Waals surface area (Å²) < 4.78 is 15.9. The summed E-state index contributed by atoms with van der Waals surface area (Å²) in [5.74, 6) is 0.266. The monoisotopic (exact) mass is 202 g/mol. The Morgan fingerprint density at radius 3 is 2.85 bits per heavy atom. The molecular formula is C7H10N2O3S. The number of methoxy groups -OCH3 is 1. The maximum Gasteiger partial charge on any atom is 0.345 e. The third-order valence-corrected chi connectivity index (χ3v) is 2.13. The van der Waals surface area contributed by atoms with E-state index in [1.54, 1.807) is 0 Å². The van der Waals surface area contributed by atoms with Gasteiger partial charge in [-0.2, -0.15) is 4.98 Å². The van der Waals surface area contributed by atoms with Crippen LogP contribution in [-0.4, -0.2) is 33.0 Å². The van der Waals surface area contributed by atoms with Crippen molar-refractivity contribution in [1.82, 2.24) is 9.97 Å². The second-order valence-electron chi connectivity index (χ2n) is 2.30. The molecule has 1 unspecified atom stereocenters. The van der Waals surface area contributed by atoms with Crippen LogP contribution in [0.1, 0.15) is 5.56 Å². The Kier molecular flexibility index (Phi) is 3.47. The van der Waals surface area contributed by atoms with E-state index in [0.29, 0.717) is 5.56 Å². The van der Waals surface area contributed by atoms with Crippen molar-refractivity contribution in [1.29, 1.82) is 0 Å². The van der Waals surface area contributed by atoms with Gasteiger partial charge < -0.3 is 14.4 Å². The molecule has 0 saturated heterocycles. The van der Waals surface area contributed by atoms with Crippen LogP contribution in [0.5, 0.6) is 5.88 Å². The van der Waals surface area contributed by atoms with E-state index in [2.05, 4.69) is 9.97 Å². The summed E-state index contributed by atoms with van der Waals surface area (Å²) in [5.41, 5.74) is 0.483. The van der Waals surface area contributed by atoms with Gasteiger partial charge in [-0.05, 0) is 0 Å². The molecule has 0 aliphatic rings. The fourth-order valence-electron chi connectivity index (χ4n) is 0.800. The van der Waals surface area contributed by atoms with Crippen molar-refractivity contribution in [2.45, 2.75) is 11.8 Å². The van der Waals surface area contributed by atoms with Gasteiger partial charge in [0.25, 0.3) is 0 Å². The number of ether oxygens (including phenoxy) is 1. The van der Waals surface area contributed by atoms with E-state index in [-0.39, 0.29) is 17.6 Å². The number of rotatable bonds is 3. The van der Waals surface area contributed by atoms with Gasteiger partial charge in [0.1, 0.15) is 6.26 Å². The molecule has 0 fully saturated rings. The van der Waals surface area contributed by atoms with Gasteiger partial charge in [0, 0.05) is 17.4 Å². The second kappa shape index (κ2) is 4.40. The largest absolute Gasteiger partial charge is 0.609 e. The SMILES string of the molecule is COc1nc([S+](C)[O-])ncc1CO. The van der Waals surface area contributed by atoms with Crippen molar-refractivity contribution in [2.24, 2.45) is 0 Å². The Hall–Kier alpha value is -0.850. The molecule has 1 rings (SSSR count). The van der Waals surface area contributed by atoms with Gasteiger partial charge >= 0.3 is 5.16 Å². The lowest BCUT2D eigenvalue weighted by atomic mass is 10.3. The molecule has 0 radical (unpaired) electrons. The molecular weight excluding hydrogens is 192 g/mol. The third kappa shape index (κ3) is 2.30. The quantitative estimate of drug-likeness (QED) is 0.538. The zero-order valence-corrected chi connectivity index (χ0v) is 8.17. The van der Waals surface area contributed by atoms with Gasteiger partial charge in [-0.3, -0.25) is 0 Å². The van der Waals surface area contributed by atoms with Gasteiger partial charge in [-0.25, -0.2) is 0 Å². The van der Waals surface area contributed by atoms with Crippen molar-refractivity contribution in [3.05, 3.63) is 11.8 Å². The van der Waals surface area contributed by atoms with Crippen LogP contribution in [0.3, 0.4) is 0 Å². The maximum atomic E-state index is 11.0. The van der Waals surface area contributed by atoms with Gasteiger partial charge in [-0.15, -0.1) is 4.98 Å². The summed E-state index contributed by atoms with van der Waals surface area (Å²) in [5, 5.41) is 9.05. The van der Waals surface area contributed by atoms with E-state index >= 15 is 0 Å². The number of aromatic nitrogens is 2. The Labute approximate surface area is 79.0 Å². The molecule has 72 valence electrons. The normalized spacial score (nSPS) is 12.6. The van der Waals surface area contributed by atoms with E-state index in [1.165, 1.54) is 19.6 Å². The van der Waals surface area contributed by atoms with Crippen LogP contribution in [0.25, 0.3) is 0 Å².